The third-order valence-corrected chi connectivity index (χ3v) is 9.94. The van der Waals surface area contributed by atoms with Gasteiger partial charge in [-0.3, -0.25) is 0 Å². The number of anilines is 3. The third kappa shape index (κ3) is 5.04. The molecule has 0 saturated carbocycles. The molecule has 0 aliphatic heterocycles. The summed E-state index contributed by atoms with van der Waals surface area (Å²) in [7, 11) is 0. The largest absolute Gasteiger partial charge is 0.455 e. The molecule has 52 heavy (non-hydrogen) atoms. The van der Waals surface area contributed by atoms with Gasteiger partial charge in [-0.1, -0.05) is 164 Å². The van der Waals surface area contributed by atoms with Crippen LogP contribution in [0.3, 0.4) is 0 Å². The minimum Gasteiger partial charge on any atom is -0.455 e. The van der Waals surface area contributed by atoms with Gasteiger partial charge in [0.05, 0.1) is 12.5 Å². The summed E-state index contributed by atoms with van der Waals surface area (Å²) in [5, 5.41) is 5.99. The second-order valence-electron chi connectivity index (χ2n) is 12.9. The molecule has 244 valence electrons. The van der Waals surface area contributed by atoms with Gasteiger partial charge < -0.3 is 9.32 Å². The van der Waals surface area contributed by atoms with Crippen molar-refractivity contribution >= 4 is 60.5 Å². The Morgan fingerprint density at radius 2 is 0.885 bits per heavy atom. The van der Waals surface area contributed by atoms with E-state index in [2.05, 4.69) is 108 Å². The summed E-state index contributed by atoms with van der Waals surface area (Å²) < 4.78 is 51.0. The zero-order valence-electron chi connectivity index (χ0n) is 33.0. The van der Waals surface area contributed by atoms with Crippen molar-refractivity contribution < 1.29 is 11.3 Å². The lowest BCUT2D eigenvalue weighted by Crippen LogP contribution is -2.11. The Bertz CT molecular complexity index is 3050. The van der Waals surface area contributed by atoms with Gasteiger partial charge in [-0.2, -0.15) is 0 Å². The Labute approximate surface area is 309 Å². The summed E-state index contributed by atoms with van der Waals surface area (Å²) >= 11 is 0. The molecule has 10 rings (SSSR count). The monoisotopic (exact) mass is 668 g/mol. The zero-order valence-corrected chi connectivity index (χ0v) is 28.0. The fourth-order valence-corrected chi connectivity index (χ4v) is 7.50. The molecule has 0 atom stereocenters. The van der Waals surface area contributed by atoms with Crippen LogP contribution in [0.15, 0.2) is 204 Å². The standard InChI is InChI=1S/C50H33NO/c1-4-14-34(15-5-1)36-24-28-39(29-25-36)51(40-30-26-37(27-31-40)35-16-6-2-7-17-35)47-32-46-48(33-45(47)38-18-8-3-9-19-38)52-50-44-23-13-11-21-42(44)41-20-10-12-22-43(41)49(46)50/h1-33H/i3D,8D,9D,18D,19D. The number of hydrogen-bond acceptors (Lipinski definition) is 2. The highest BCUT2D eigenvalue weighted by Gasteiger charge is 2.23. The van der Waals surface area contributed by atoms with Crippen LogP contribution in [0.25, 0.3) is 76.9 Å². The molecule has 0 N–H and O–H groups in total. The minimum atomic E-state index is -0.442. The lowest BCUT2D eigenvalue weighted by molar-refractivity contribution is 0.673. The maximum atomic E-state index is 9.18. The Hall–Kier alpha value is -6.90. The molecule has 0 amide bonds. The van der Waals surface area contributed by atoms with Crippen LogP contribution in [-0.4, -0.2) is 0 Å². The minimum absolute atomic E-state index is 0.0971. The van der Waals surface area contributed by atoms with Crippen LogP contribution in [0, 0.1) is 0 Å². The van der Waals surface area contributed by atoms with Crippen molar-refractivity contribution in [1.29, 1.82) is 0 Å². The average Bonchev–Trinajstić information content (AvgIpc) is 3.65. The first kappa shape index (κ1) is 25.1. The van der Waals surface area contributed by atoms with Crippen LogP contribution >= 0.6 is 0 Å². The lowest BCUT2D eigenvalue weighted by Gasteiger charge is -2.28. The molecule has 0 saturated heterocycles. The fourth-order valence-electron chi connectivity index (χ4n) is 7.50. The predicted octanol–water partition coefficient (Wildman–Crippen LogP) is 14.4. The highest BCUT2D eigenvalue weighted by molar-refractivity contribution is 6.30. The van der Waals surface area contributed by atoms with Gasteiger partial charge in [-0.15, -0.1) is 0 Å². The summed E-state index contributed by atoms with van der Waals surface area (Å²) in [5.74, 6) is 0. The van der Waals surface area contributed by atoms with E-state index in [-0.39, 0.29) is 17.6 Å². The van der Waals surface area contributed by atoms with Crippen LogP contribution in [0.4, 0.5) is 17.1 Å². The Kier molecular flexibility index (Phi) is 6.01. The Balaban J connectivity index is 1.31. The molecule has 9 aromatic carbocycles. The SMILES string of the molecule is [2H]c1c([2H])c([2H])c(-c2cc3oc4c5ccccc5c5ccccc5c4c3cc2N(c2ccc(-c3ccccc3)cc2)c2ccc(-c3ccccc3)cc2)c([2H])c1[2H]. The van der Waals surface area contributed by atoms with E-state index in [0.717, 1.165) is 71.5 Å². The summed E-state index contributed by atoms with van der Waals surface area (Å²) in [6, 6.07) is 55.7. The first-order chi connectivity index (χ1) is 27.9. The van der Waals surface area contributed by atoms with Crippen molar-refractivity contribution in [2.75, 3.05) is 4.90 Å². The van der Waals surface area contributed by atoms with Gasteiger partial charge in [0.15, 0.2) is 0 Å². The third-order valence-electron chi connectivity index (χ3n) is 9.94. The summed E-state index contributed by atoms with van der Waals surface area (Å²) in [4.78, 5) is 2.11. The van der Waals surface area contributed by atoms with E-state index in [1.54, 1.807) is 0 Å². The number of fused-ring (bicyclic) bond motifs is 8. The van der Waals surface area contributed by atoms with Crippen LogP contribution in [-0.2, 0) is 0 Å². The van der Waals surface area contributed by atoms with Crippen molar-refractivity contribution in [2.24, 2.45) is 0 Å². The maximum absolute atomic E-state index is 9.18. The summed E-state index contributed by atoms with van der Waals surface area (Å²) in [6.07, 6.45) is 0. The maximum Gasteiger partial charge on any atom is 0.143 e. The highest BCUT2D eigenvalue weighted by atomic mass is 16.3. The average molecular weight is 669 g/mol. The highest BCUT2D eigenvalue weighted by Crippen LogP contribution is 2.48. The lowest BCUT2D eigenvalue weighted by atomic mass is 9.95. The number of nitrogens with zero attached hydrogens (tertiary/aromatic N) is 1. The molecule has 2 heteroatoms. The van der Waals surface area contributed by atoms with Crippen molar-refractivity contribution in [1.82, 2.24) is 0 Å². The van der Waals surface area contributed by atoms with E-state index >= 15 is 0 Å². The molecule has 1 heterocycles. The molecule has 0 spiro atoms. The Morgan fingerprint density at radius 1 is 0.404 bits per heavy atom. The Morgan fingerprint density at radius 3 is 1.46 bits per heavy atom. The number of furan rings is 1. The van der Waals surface area contributed by atoms with Gasteiger partial charge >= 0.3 is 0 Å². The summed E-state index contributed by atoms with van der Waals surface area (Å²) in [5.41, 5.74) is 8.42. The van der Waals surface area contributed by atoms with Crippen LogP contribution in [0.5, 0.6) is 0 Å². The van der Waals surface area contributed by atoms with E-state index in [1.165, 1.54) is 0 Å². The molecule has 0 bridgehead atoms. The van der Waals surface area contributed by atoms with Crippen LogP contribution in [0.1, 0.15) is 6.85 Å². The molecule has 0 fully saturated rings. The zero-order chi connectivity index (χ0) is 38.8. The predicted molar refractivity (Wildman–Crippen MR) is 220 cm³/mol. The van der Waals surface area contributed by atoms with Crippen molar-refractivity contribution in [3.8, 4) is 33.4 Å². The van der Waals surface area contributed by atoms with Crippen molar-refractivity contribution in [3.63, 3.8) is 0 Å². The second-order valence-corrected chi connectivity index (χ2v) is 12.9. The van der Waals surface area contributed by atoms with Crippen LogP contribution < -0.4 is 4.90 Å². The number of rotatable bonds is 6. The molecule has 0 aliphatic carbocycles. The van der Waals surface area contributed by atoms with Gasteiger partial charge in [0.1, 0.15) is 11.2 Å². The molecule has 10 aromatic rings. The molecule has 0 aliphatic rings. The van der Waals surface area contributed by atoms with E-state index < -0.39 is 18.1 Å². The number of hydrogen-bond donors (Lipinski definition) is 0. The van der Waals surface area contributed by atoms with E-state index in [9.17, 15) is 2.74 Å². The van der Waals surface area contributed by atoms with E-state index in [4.69, 9.17) is 8.53 Å². The summed E-state index contributed by atoms with van der Waals surface area (Å²) in [6.45, 7) is 0. The van der Waals surface area contributed by atoms with Gasteiger partial charge in [-0.25, -0.2) is 0 Å². The topological polar surface area (TPSA) is 16.4 Å². The van der Waals surface area contributed by atoms with Gasteiger partial charge in [0.25, 0.3) is 0 Å². The normalized spacial score (nSPS) is 12.8. The van der Waals surface area contributed by atoms with Gasteiger partial charge in [-0.05, 0) is 80.4 Å². The van der Waals surface area contributed by atoms with Crippen molar-refractivity contribution in [2.45, 2.75) is 0 Å². The molecule has 0 unspecified atom stereocenters. The second kappa shape index (κ2) is 12.5. The molecular formula is C50H33NO. The number of benzene rings is 9. The van der Waals surface area contributed by atoms with Crippen molar-refractivity contribution in [3.05, 3.63) is 200 Å². The molecule has 2 nitrogen and oxygen atoms in total. The van der Waals surface area contributed by atoms with E-state index in [0.29, 0.717) is 16.8 Å². The fraction of sp³-hybridized carbons (Fsp3) is 0. The quantitative estimate of drug-likeness (QED) is 0.164. The smallest absolute Gasteiger partial charge is 0.143 e. The first-order valence-electron chi connectivity index (χ1n) is 19.9. The van der Waals surface area contributed by atoms with Gasteiger partial charge in [0, 0.05) is 33.1 Å². The van der Waals surface area contributed by atoms with E-state index in [1.807, 2.05) is 66.7 Å². The van der Waals surface area contributed by atoms with Crippen LogP contribution in [0.2, 0.25) is 0 Å². The molecular weight excluding hydrogens is 631 g/mol. The molecule has 0 radical (unpaired) electrons. The molecule has 1 aromatic heterocycles. The van der Waals surface area contributed by atoms with Gasteiger partial charge in [0.2, 0.25) is 0 Å². The first-order valence-corrected chi connectivity index (χ1v) is 17.4.